The van der Waals surface area contributed by atoms with Crippen LogP contribution in [0.2, 0.25) is 0 Å². The zero-order valence-corrected chi connectivity index (χ0v) is 19.2. The number of benzene rings is 1. The van der Waals surface area contributed by atoms with Crippen LogP contribution in [-0.4, -0.2) is 36.4 Å². The van der Waals surface area contributed by atoms with Crippen molar-refractivity contribution in [3.05, 3.63) is 83.1 Å². The van der Waals surface area contributed by atoms with E-state index < -0.39 is 17.7 Å². The van der Waals surface area contributed by atoms with Gasteiger partial charge in [-0.15, -0.1) is 0 Å². The summed E-state index contributed by atoms with van der Waals surface area (Å²) in [5, 5.41) is 4.51. The topological polar surface area (TPSA) is 70.7 Å². The van der Waals surface area contributed by atoms with Gasteiger partial charge in [0.2, 0.25) is 5.88 Å². The molecule has 4 aromatic rings. The maximum absolute atomic E-state index is 13.6. The summed E-state index contributed by atoms with van der Waals surface area (Å²) in [6, 6.07) is 9.42. The lowest BCUT2D eigenvalue weighted by Gasteiger charge is -2.25. The van der Waals surface area contributed by atoms with Crippen molar-refractivity contribution in [2.45, 2.75) is 38.4 Å². The number of hydrogen-bond acceptors (Lipinski definition) is 5. The van der Waals surface area contributed by atoms with Gasteiger partial charge in [-0.2, -0.15) is 18.3 Å². The molecule has 0 N–H and O–H groups in total. The molecule has 0 spiro atoms. The van der Waals surface area contributed by atoms with Crippen LogP contribution in [0.3, 0.4) is 0 Å². The highest BCUT2D eigenvalue weighted by molar-refractivity contribution is 5.65. The predicted molar refractivity (Wildman–Crippen MR) is 124 cm³/mol. The van der Waals surface area contributed by atoms with Gasteiger partial charge in [0, 0.05) is 18.7 Å². The van der Waals surface area contributed by atoms with Crippen molar-refractivity contribution < 1.29 is 17.9 Å². The zero-order chi connectivity index (χ0) is 24.6. The van der Waals surface area contributed by atoms with E-state index >= 15 is 0 Å². The lowest BCUT2D eigenvalue weighted by molar-refractivity contribution is -0.138. The third kappa shape index (κ3) is 4.55. The van der Waals surface area contributed by atoms with Gasteiger partial charge in [-0.3, -0.25) is 0 Å². The first-order chi connectivity index (χ1) is 16.8. The van der Waals surface area contributed by atoms with E-state index in [-0.39, 0.29) is 5.56 Å². The normalized spacial score (nSPS) is 16.0. The number of fused-ring (bicyclic) bond motifs is 1. The van der Waals surface area contributed by atoms with Crippen LogP contribution in [-0.2, 0) is 12.7 Å². The number of imidazole rings is 1. The molecule has 1 aliphatic heterocycles. The minimum Gasteiger partial charge on any atom is -0.479 e. The van der Waals surface area contributed by atoms with Crippen LogP contribution in [0.25, 0.3) is 17.8 Å². The van der Waals surface area contributed by atoms with Crippen molar-refractivity contribution in [2.24, 2.45) is 0 Å². The molecule has 0 amide bonds. The van der Waals surface area contributed by atoms with E-state index in [1.807, 2.05) is 29.8 Å². The average Bonchev–Trinajstić information content (AvgIpc) is 3.47. The van der Waals surface area contributed by atoms with Crippen LogP contribution in [0.1, 0.15) is 52.9 Å². The average molecular weight is 480 g/mol. The molecule has 0 bridgehead atoms. The van der Waals surface area contributed by atoms with E-state index in [0.717, 1.165) is 23.9 Å². The summed E-state index contributed by atoms with van der Waals surface area (Å²) in [5.41, 5.74) is 1.88. The standard InChI is InChI=1S/C25H23F3N6O/c1-16-14-33(15-29-16)21-11-9-17(30-24(21)35-2)10-12-22-31-23-19(7-5-13-34(23)32-22)18-6-3-4-8-20(18)25(26,27)28/h3-4,6,8-12,14-15,19H,5,7,13H2,1-2H3/b12-10+/t19-/m1/s1. The fourth-order valence-corrected chi connectivity index (χ4v) is 4.39. The van der Waals surface area contributed by atoms with E-state index in [4.69, 9.17) is 4.74 Å². The minimum atomic E-state index is -4.42. The molecule has 0 saturated heterocycles. The summed E-state index contributed by atoms with van der Waals surface area (Å²) >= 11 is 0. The number of nitrogens with zero attached hydrogens (tertiary/aromatic N) is 6. The molecule has 180 valence electrons. The number of alkyl halides is 3. The molecule has 10 heteroatoms. The van der Waals surface area contributed by atoms with Gasteiger partial charge in [0.1, 0.15) is 11.5 Å². The number of methoxy groups -OCH3 is 1. The van der Waals surface area contributed by atoms with Crippen LogP contribution < -0.4 is 4.74 Å². The molecular weight excluding hydrogens is 457 g/mol. The SMILES string of the molecule is COc1nc(/C=C/c2nc3n(n2)CCC[C@@H]3c2ccccc2C(F)(F)F)ccc1-n1cnc(C)c1. The molecule has 5 rings (SSSR count). The van der Waals surface area contributed by atoms with E-state index in [9.17, 15) is 13.2 Å². The van der Waals surface area contributed by atoms with Gasteiger partial charge < -0.3 is 9.30 Å². The Hall–Kier alpha value is -3.95. The number of hydrogen-bond donors (Lipinski definition) is 0. The van der Waals surface area contributed by atoms with Gasteiger partial charge in [-0.1, -0.05) is 18.2 Å². The predicted octanol–water partition coefficient (Wildman–Crippen LogP) is 5.29. The molecule has 1 aromatic carbocycles. The Balaban J connectivity index is 1.43. The highest BCUT2D eigenvalue weighted by Gasteiger charge is 2.37. The van der Waals surface area contributed by atoms with Crippen molar-refractivity contribution in [1.29, 1.82) is 0 Å². The monoisotopic (exact) mass is 480 g/mol. The van der Waals surface area contributed by atoms with Crippen LogP contribution in [0, 0.1) is 6.92 Å². The van der Waals surface area contributed by atoms with Gasteiger partial charge in [0.05, 0.1) is 30.4 Å². The summed E-state index contributed by atoms with van der Waals surface area (Å²) in [5.74, 6) is 0.938. The third-order valence-electron chi connectivity index (χ3n) is 5.98. The Morgan fingerprint density at radius 3 is 2.66 bits per heavy atom. The lowest BCUT2D eigenvalue weighted by Crippen LogP contribution is -2.21. The quantitative estimate of drug-likeness (QED) is 0.388. The molecule has 1 atom stereocenters. The summed E-state index contributed by atoms with van der Waals surface area (Å²) in [4.78, 5) is 13.3. The molecule has 3 aromatic heterocycles. The second-order valence-electron chi connectivity index (χ2n) is 8.35. The number of halogens is 3. The van der Waals surface area contributed by atoms with Gasteiger partial charge >= 0.3 is 6.18 Å². The molecular formula is C25H23F3N6O. The highest BCUT2D eigenvalue weighted by Crippen LogP contribution is 2.40. The highest BCUT2D eigenvalue weighted by atomic mass is 19.4. The molecule has 0 radical (unpaired) electrons. The fourth-order valence-electron chi connectivity index (χ4n) is 4.39. The van der Waals surface area contributed by atoms with Crippen molar-refractivity contribution in [2.75, 3.05) is 7.11 Å². The Kier molecular flexibility index (Phi) is 5.88. The van der Waals surface area contributed by atoms with E-state index in [0.29, 0.717) is 36.2 Å². The van der Waals surface area contributed by atoms with Crippen molar-refractivity contribution in [3.8, 4) is 11.6 Å². The van der Waals surface area contributed by atoms with Crippen molar-refractivity contribution in [1.82, 2.24) is 29.3 Å². The zero-order valence-electron chi connectivity index (χ0n) is 19.2. The number of pyridine rings is 1. The van der Waals surface area contributed by atoms with Crippen LogP contribution in [0.15, 0.2) is 48.9 Å². The van der Waals surface area contributed by atoms with Crippen molar-refractivity contribution >= 4 is 12.2 Å². The van der Waals surface area contributed by atoms with E-state index in [2.05, 4.69) is 20.1 Å². The Morgan fingerprint density at radius 2 is 1.91 bits per heavy atom. The Bertz CT molecular complexity index is 1390. The molecule has 4 heterocycles. The first-order valence-corrected chi connectivity index (χ1v) is 11.2. The fraction of sp³-hybridized carbons (Fsp3) is 0.280. The third-order valence-corrected chi connectivity index (χ3v) is 5.98. The molecule has 7 nitrogen and oxygen atoms in total. The lowest BCUT2D eigenvalue weighted by atomic mass is 9.88. The number of aryl methyl sites for hydroxylation is 2. The number of rotatable bonds is 5. The molecule has 0 aliphatic carbocycles. The summed E-state index contributed by atoms with van der Waals surface area (Å²) in [7, 11) is 1.55. The largest absolute Gasteiger partial charge is 0.479 e. The summed E-state index contributed by atoms with van der Waals surface area (Å²) in [6.45, 7) is 2.52. The molecule has 35 heavy (non-hydrogen) atoms. The smallest absolute Gasteiger partial charge is 0.416 e. The Labute approximate surface area is 199 Å². The van der Waals surface area contributed by atoms with E-state index in [1.165, 1.54) is 12.1 Å². The number of ether oxygens (including phenoxy) is 1. The first kappa shape index (κ1) is 22.8. The van der Waals surface area contributed by atoms with Gasteiger partial charge in [-0.05, 0) is 55.7 Å². The maximum atomic E-state index is 13.6. The maximum Gasteiger partial charge on any atom is 0.416 e. The van der Waals surface area contributed by atoms with Crippen LogP contribution in [0.5, 0.6) is 5.88 Å². The van der Waals surface area contributed by atoms with Crippen LogP contribution in [0.4, 0.5) is 13.2 Å². The molecule has 0 saturated carbocycles. The van der Waals surface area contributed by atoms with E-state index in [1.54, 1.807) is 36.3 Å². The minimum absolute atomic E-state index is 0.237. The molecule has 1 aliphatic rings. The van der Waals surface area contributed by atoms with Gasteiger partial charge in [0.25, 0.3) is 0 Å². The second kappa shape index (κ2) is 9.01. The summed E-state index contributed by atoms with van der Waals surface area (Å²) in [6.07, 6.45) is 3.92. The van der Waals surface area contributed by atoms with Crippen LogP contribution >= 0.6 is 0 Å². The number of aromatic nitrogens is 6. The Morgan fingerprint density at radius 1 is 1.09 bits per heavy atom. The molecule has 0 fully saturated rings. The van der Waals surface area contributed by atoms with Crippen molar-refractivity contribution in [3.63, 3.8) is 0 Å². The van der Waals surface area contributed by atoms with Gasteiger partial charge in [-0.25, -0.2) is 19.6 Å². The second-order valence-corrected chi connectivity index (χ2v) is 8.35. The molecule has 0 unspecified atom stereocenters. The first-order valence-electron chi connectivity index (χ1n) is 11.2. The summed E-state index contributed by atoms with van der Waals surface area (Å²) < 4.78 is 49.8. The van der Waals surface area contributed by atoms with Gasteiger partial charge in [0.15, 0.2) is 5.82 Å².